The fourth-order valence-corrected chi connectivity index (χ4v) is 3.09. The summed E-state index contributed by atoms with van der Waals surface area (Å²) in [7, 11) is 1.66. The molecule has 0 N–H and O–H groups in total. The minimum Gasteiger partial charge on any atom is -0.492 e. The van der Waals surface area contributed by atoms with Gasteiger partial charge in [0.15, 0.2) is 11.5 Å². The van der Waals surface area contributed by atoms with Crippen LogP contribution in [0.3, 0.4) is 0 Å². The summed E-state index contributed by atoms with van der Waals surface area (Å²) in [6, 6.07) is 22.2. The smallest absolute Gasteiger partial charge is 0.167 e. The highest BCUT2D eigenvalue weighted by Gasteiger charge is 2.18. The normalized spacial score (nSPS) is 10.4. The molecule has 0 aliphatic rings. The minimum atomic E-state index is 0.477. The van der Waals surface area contributed by atoms with Crippen LogP contribution in [0.15, 0.2) is 79.4 Å². The van der Waals surface area contributed by atoms with Crippen molar-refractivity contribution in [3.63, 3.8) is 0 Å². The lowest BCUT2D eigenvalue weighted by atomic mass is 10.0. The van der Waals surface area contributed by atoms with Gasteiger partial charge in [-0.2, -0.15) is 0 Å². The van der Waals surface area contributed by atoms with Gasteiger partial charge in [0.05, 0.1) is 7.11 Å². The topological polar surface area (TPSA) is 27.7 Å². The summed E-state index contributed by atoms with van der Waals surface area (Å²) in [5.74, 6) is 2.25. The molecule has 28 heavy (non-hydrogen) atoms. The van der Waals surface area contributed by atoms with Crippen LogP contribution < -0.4 is 14.2 Å². The quantitative estimate of drug-likeness (QED) is 0.437. The second-order valence-electron chi connectivity index (χ2n) is 6.56. The Morgan fingerprint density at radius 1 is 0.821 bits per heavy atom. The van der Waals surface area contributed by atoms with Gasteiger partial charge in [-0.05, 0) is 30.5 Å². The molecule has 0 amide bonds. The fourth-order valence-electron chi connectivity index (χ4n) is 3.09. The molecule has 3 aromatic rings. The third kappa shape index (κ3) is 4.74. The van der Waals surface area contributed by atoms with Gasteiger partial charge >= 0.3 is 0 Å². The molecule has 0 aliphatic carbocycles. The van der Waals surface area contributed by atoms with Gasteiger partial charge in [0.2, 0.25) is 0 Å². The number of allylic oxidation sites excluding steroid dienone is 1. The van der Waals surface area contributed by atoms with Crippen molar-refractivity contribution in [1.29, 1.82) is 0 Å². The number of methoxy groups -OCH3 is 1. The molecule has 0 spiro atoms. The zero-order chi connectivity index (χ0) is 19.8. The number of rotatable bonds is 9. The van der Waals surface area contributed by atoms with Crippen molar-refractivity contribution >= 4 is 0 Å². The van der Waals surface area contributed by atoms with Gasteiger partial charge < -0.3 is 14.2 Å². The third-order valence-corrected chi connectivity index (χ3v) is 4.54. The summed E-state index contributed by atoms with van der Waals surface area (Å²) in [5, 5.41) is 0. The van der Waals surface area contributed by atoms with Gasteiger partial charge in [0.25, 0.3) is 0 Å². The molecule has 0 unspecified atom stereocenters. The highest BCUT2D eigenvalue weighted by atomic mass is 16.5. The SMILES string of the molecule is C=CCc1cc(OCc2ccccc2)c(C)c(OC)c1OCc1ccccc1. The third-order valence-electron chi connectivity index (χ3n) is 4.54. The molecule has 0 saturated heterocycles. The first-order valence-corrected chi connectivity index (χ1v) is 9.37. The fraction of sp³-hybridized carbons (Fsp3) is 0.200. The second kappa shape index (κ2) is 9.65. The lowest BCUT2D eigenvalue weighted by Gasteiger charge is -2.20. The Labute approximate surface area is 167 Å². The Hall–Kier alpha value is -3.20. The lowest BCUT2D eigenvalue weighted by molar-refractivity contribution is 0.273. The monoisotopic (exact) mass is 374 g/mol. The Morgan fingerprint density at radius 2 is 1.39 bits per heavy atom. The van der Waals surface area contributed by atoms with E-state index >= 15 is 0 Å². The molecule has 3 aromatic carbocycles. The van der Waals surface area contributed by atoms with E-state index in [2.05, 4.69) is 18.7 Å². The van der Waals surface area contributed by atoms with Crippen molar-refractivity contribution < 1.29 is 14.2 Å². The molecule has 0 radical (unpaired) electrons. The van der Waals surface area contributed by atoms with Crippen LogP contribution in [0.4, 0.5) is 0 Å². The first-order valence-electron chi connectivity index (χ1n) is 9.37. The van der Waals surface area contributed by atoms with Crippen molar-refractivity contribution in [1.82, 2.24) is 0 Å². The minimum absolute atomic E-state index is 0.477. The van der Waals surface area contributed by atoms with Crippen LogP contribution in [0.25, 0.3) is 0 Å². The Balaban J connectivity index is 1.88. The molecule has 3 nitrogen and oxygen atoms in total. The number of benzene rings is 3. The van der Waals surface area contributed by atoms with Crippen LogP contribution in [0, 0.1) is 6.92 Å². The summed E-state index contributed by atoms with van der Waals surface area (Å²) < 4.78 is 18.0. The predicted octanol–water partition coefficient (Wildman–Crippen LogP) is 5.89. The van der Waals surface area contributed by atoms with E-state index in [1.54, 1.807) is 7.11 Å². The van der Waals surface area contributed by atoms with E-state index in [-0.39, 0.29) is 0 Å². The lowest BCUT2D eigenvalue weighted by Crippen LogP contribution is -2.05. The maximum Gasteiger partial charge on any atom is 0.167 e. The molecule has 144 valence electrons. The summed E-state index contributed by atoms with van der Waals surface area (Å²) in [6.45, 7) is 6.85. The summed E-state index contributed by atoms with van der Waals surface area (Å²) in [6.07, 6.45) is 2.53. The number of hydrogen-bond acceptors (Lipinski definition) is 3. The van der Waals surface area contributed by atoms with E-state index < -0.39 is 0 Å². The molecular formula is C25H26O3. The molecule has 0 bridgehead atoms. The van der Waals surface area contributed by atoms with E-state index in [9.17, 15) is 0 Å². The van der Waals surface area contributed by atoms with Crippen molar-refractivity contribution in [2.75, 3.05) is 7.11 Å². The Morgan fingerprint density at radius 3 is 1.93 bits per heavy atom. The van der Waals surface area contributed by atoms with Crippen molar-refractivity contribution in [2.24, 2.45) is 0 Å². The molecule has 0 heterocycles. The molecule has 3 heteroatoms. The zero-order valence-corrected chi connectivity index (χ0v) is 16.5. The standard InChI is InChI=1S/C25H26O3/c1-4-11-22-16-23(27-17-20-12-7-5-8-13-20)19(2)24(26-3)25(22)28-18-21-14-9-6-10-15-21/h4-10,12-16H,1,11,17-18H2,2-3H3. The summed E-state index contributed by atoms with van der Waals surface area (Å²) >= 11 is 0. The maximum absolute atomic E-state index is 6.17. The van der Waals surface area contributed by atoms with Crippen LogP contribution in [-0.2, 0) is 19.6 Å². The van der Waals surface area contributed by atoms with E-state index in [0.717, 1.165) is 33.8 Å². The first-order chi connectivity index (χ1) is 13.7. The average Bonchev–Trinajstić information content (AvgIpc) is 2.74. The molecule has 3 rings (SSSR count). The molecule has 0 saturated carbocycles. The van der Waals surface area contributed by atoms with Crippen LogP contribution in [0.1, 0.15) is 22.3 Å². The average molecular weight is 374 g/mol. The van der Waals surface area contributed by atoms with Crippen LogP contribution in [0.5, 0.6) is 17.2 Å². The summed E-state index contributed by atoms with van der Waals surface area (Å²) in [4.78, 5) is 0. The van der Waals surface area contributed by atoms with E-state index in [1.165, 1.54) is 0 Å². The number of hydrogen-bond donors (Lipinski definition) is 0. The van der Waals surface area contributed by atoms with Crippen LogP contribution in [0.2, 0.25) is 0 Å². The first kappa shape index (κ1) is 19.6. The molecule has 0 aromatic heterocycles. The largest absolute Gasteiger partial charge is 0.492 e. The van der Waals surface area contributed by atoms with Gasteiger partial charge in [0.1, 0.15) is 19.0 Å². The highest BCUT2D eigenvalue weighted by molar-refractivity contribution is 5.58. The number of ether oxygens (including phenoxy) is 3. The zero-order valence-electron chi connectivity index (χ0n) is 16.5. The molecule has 0 aliphatic heterocycles. The van der Waals surface area contributed by atoms with Gasteiger partial charge in [-0.15, -0.1) is 6.58 Å². The van der Waals surface area contributed by atoms with E-state index in [0.29, 0.717) is 25.4 Å². The summed E-state index contributed by atoms with van der Waals surface area (Å²) in [5.41, 5.74) is 4.15. The Kier molecular flexibility index (Phi) is 6.74. The van der Waals surface area contributed by atoms with Crippen molar-refractivity contribution in [3.8, 4) is 17.2 Å². The van der Waals surface area contributed by atoms with E-state index in [1.807, 2.05) is 67.6 Å². The molecule has 0 fully saturated rings. The van der Waals surface area contributed by atoms with Crippen molar-refractivity contribution in [3.05, 3.63) is 102 Å². The Bertz CT molecular complexity index is 902. The molecular weight excluding hydrogens is 348 g/mol. The van der Waals surface area contributed by atoms with Gasteiger partial charge in [-0.1, -0.05) is 66.7 Å². The van der Waals surface area contributed by atoms with Gasteiger partial charge in [-0.3, -0.25) is 0 Å². The van der Waals surface area contributed by atoms with Gasteiger partial charge in [-0.25, -0.2) is 0 Å². The second-order valence-corrected chi connectivity index (χ2v) is 6.56. The van der Waals surface area contributed by atoms with Crippen LogP contribution >= 0.6 is 0 Å². The van der Waals surface area contributed by atoms with E-state index in [4.69, 9.17) is 14.2 Å². The highest BCUT2D eigenvalue weighted by Crippen LogP contribution is 2.41. The van der Waals surface area contributed by atoms with Gasteiger partial charge in [0, 0.05) is 11.1 Å². The molecule has 0 atom stereocenters. The van der Waals surface area contributed by atoms with Crippen molar-refractivity contribution in [2.45, 2.75) is 26.6 Å². The predicted molar refractivity (Wildman–Crippen MR) is 113 cm³/mol. The van der Waals surface area contributed by atoms with Crippen LogP contribution in [-0.4, -0.2) is 7.11 Å². The maximum atomic E-state index is 6.17.